The standard InChI is InChI=1S/BH2NOP2S/c2-4-1(3)5-6/h2-3H. The van der Waals surface area contributed by atoms with Crippen LogP contribution in [0.25, 0.3) is 0 Å². The molecule has 0 heterocycles. The zero-order valence-electron chi connectivity index (χ0n) is 2.83. The van der Waals surface area contributed by atoms with Crippen LogP contribution in [0.3, 0.4) is 0 Å². The Hall–Kier alpha value is 0.645. The highest BCUT2D eigenvalue weighted by molar-refractivity contribution is 8.20. The second-order valence-corrected chi connectivity index (χ2v) is 3.07. The van der Waals surface area contributed by atoms with Crippen molar-refractivity contribution in [1.82, 2.24) is 0 Å². The van der Waals surface area contributed by atoms with E-state index in [1.54, 1.807) is 0 Å². The van der Waals surface area contributed by atoms with Crippen LogP contribution < -0.4 is 0 Å². The largest absolute Gasteiger partial charge is 0.440 e. The molecule has 0 aromatic carbocycles. The third-order valence-electron chi connectivity index (χ3n) is 0.210. The molecule has 0 atom stereocenters. The van der Waals surface area contributed by atoms with Crippen molar-refractivity contribution in [2.24, 2.45) is 0 Å². The fourth-order valence-corrected chi connectivity index (χ4v) is 0.636. The van der Waals surface area contributed by atoms with Crippen LogP contribution in [-0.2, 0) is 11.8 Å². The summed E-state index contributed by atoms with van der Waals surface area (Å²) in [5.74, 6) is 0. The molecule has 6 heteroatoms. The molecule has 0 unspecified atom stereocenters. The summed E-state index contributed by atoms with van der Waals surface area (Å²) in [6.07, 6.45) is -0.639. The quantitative estimate of drug-likeness (QED) is 0.441. The van der Waals surface area contributed by atoms with Gasteiger partial charge in [0.15, 0.2) is 0 Å². The number of hydrogen-bond acceptors (Lipinski definition) is 3. The van der Waals surface area contributed by atoms with E-state index in [-0.39, 0.29) is 8.25 Å². The molecule has 2 N–H and O–H groups in total. The summed E-state index contributed by atoms with van der Waals surface area (Å²) >= 11 is 4.37. The maximum atomic E-state index is 8.35. The summed E-state index contributed by atoms with van der Waals surface area (Å²) in [5, 5.41) is 14.8. The average Bonchev–Trinajstić information content (AvgIpc) is 1.65. The maximum absolute atomic E-state index is 8.35. The molecular formula is H2BNOP2S. The zero-order chi connectivity index (χ0) is 4.99. The van der Waals surface area contributed by atoms with Crippen LogP contribution in [0.4, 0.5) is 0 Å². The molecule has 0 aliphatic carbocycles. The minimum absolute atomic E-state index is 0.217. The van der Waals surface area contributed by atoms with Gasteiger partial charge in [0, 0.05) is 0 Å². The molecule has 0 aromatic rings. The first kappa shape index (κ1) is 6.64. The molecule has 0 aromatic heterocycles. The van der Waals surface area contributed by atoms with Crippen molar-refractivity contribution >= 4 is 33.6 Å². The lowest BCUT2D eigenvalue weighted by atomic mass is 10.5. The maximum Gasteiger partial charge on any atom is 0.440 e. The molecule has 0 saturated carbocycles. The van der Waals surface area contributed by atoms with E-state index < -0.39 is 6.35 Å². The molecule has 0 amide bonds. The van der Waals surface area contributed by atoms with Crippen molar-refractivity contribution in [3.63, 3.8) is 0 Å². The van der Waals surface area contributed by atoms with E-state index in [2.05, 4.69) is 11.8 Å². The summed E-state index contributed by atoms with van der Waals surface area (Å²) in [4.78, 5) is 0. The van der Waals surface area contributed by atoms with E-state index in [1.807, 2.05) is 0 Å². The van der Waals surface area contributed by atoms with Gasteiger partial charge in [-0.1, -0.05) is 11.8 Å². The van der Waals surface area contributed by atoms with Crippen molar-refractivity contribution in [3.8, 4) is 0 Å². The predicted molar refractivity (Wildman–Crippen MR) is 31.9 cm³/mol. The summed E-state index contributed by atoms with van der Waals surface area (Å²) in [5.41, 5.74) is 0. The lowest BCUT2D eigenvalue weighted by molar-refractivity contribution is 0.616. The van der Waals surface area contributed by atoms with E-state index in [4.69, 9.17) is 10.2 Å². The smallest absolute Gasteiger partial charge is 0.435 e. The first-order chi connectivity index (χ1) is 2.81. The predicted octanol–water partition coefficient (Wildman–Crippen LogP) is 1.08. The van der Waals surface area contributed by atoms with Crippen LogP contribution in [0.5, 0.6) is 0 Å². The Morgan fingerprint density at radius 1 is 1.83 bits per heavy atom. The fraction of sp³-hybridized carbons (Fsp3) is 0. The normalized spacial score (nSPS) is 9.50. The lowest BCUT2D eigenvalue weighted by Gasteiger charge is -1.74. The van der Waals surface area contributed by atoms with Crippen LogP contribution >= 0.6 is 15.5 Å². The van der Waals surface area contributed by atoms with Crippen molar-refractivity contribution in [2.75, 3.05) is 0 Å². The van der Waals surface area contributed by atoms with E-state index in [0.717, 1.165) is 0 Å². The lowest BCUT2D eigenvalue weighted by Crippen LogP contribution is -1.84. The van der Waals surface area contributed by atoms with E-state index >= 15 is 0 Å². The Bertz CT molecular complexity index is 58.6. The van der Waals surface area contributed by atoms with E-state index in [0.29, 0.717) is 7.23 Å². The van der Waals surface area contributed by atoms with Crippen LogP contribution in [0.15, 0.2) is 0 Å². The van der Waals surface area contributed by atoms with Gasteiger partial charge in [0.2, 0.25) is 0 Å². The number of rotatable bonds is 2. The Morgan fingerprint density at radius 3 is 2.33 bits per heavy atom. The van der Waals surface area contributed by atoms with Crippen LogP contribution in [0.2, 0.25) is 0 Å². The van der Waals surface area contributed by atoms with Gasteiger partial charge < -0.3 is 5.02 Å². The van der Waals surface area contributed by atoms with Gasteiger partial charge in [-0.2, -0.15) is 0 Å². The fourth-order valence-electron chi connectivity index (χ4n) is 0.0236. The van der Waals surface area contributed by atoms with Gasteiger partial charge in [0.05, 0.1) is 0 Å². The molecule has 6 heavy (non-hydrogen) atoms. The van der Waals surface area contributed by atoms with Gasteiger partial charge in [-0.25, -0.2) is 0 Å². The second kappa shape index (κ2) is 3.82. The first-order valence-corrected chi connectivity index (χ1v) is 4.12. The molecule has 0 saturated heterocycles. The Labute approximate surface area is 44.5 Å². The molecular weight excluding hydrogens is 135 g/mol. The summed E-state index contributed by atoms with van der Waals surface area (Å²) in [6, 6.07) is 0. The molecule has 0 radical (unpaired) electrons. The molecule has 0 fully saturated rings. The number of hydrogen-bond donors (Lipinski definition) is 2. The molecule has 0 aliphatic rings. The topological polar surface area (TPSA) is 44.1 Å². The van der Waals surface area contributed by atoms with Crippen molar-refractivity contribution < 1.29 is 5.02 Å². The minimum atomic E-state index is -0.639. The molecule has 0 aliphatic heterocycles. The van der Waals surface area contributed by atoms with Crippen LogP contribution in [-0.4, -0.2) is 11.4 Å². The third-order valence-corrected chi connectivity index (χ3v) is 2.39. The number of nitrogens with one attached hydrogen (secondary N) is 1. The monoisotopic (exact) mass is 137 g/mol. The third kappa shape index (κ3) is 2.86. The van der Waals surface area contributed by atoms with Gasteiger partial charge in [0.25, 0.3) is 0 Å². The van der Waals surface area contributed by atoms with Crippen molar-refractivity contribution in [3.05, 3.63) is 0 Å². The Morgan fingerprint density at radius 2 is 2.33 bits per heavy atom. The van der Waals surface area contributed by atoms with Crippen molar-refractivity contribution in [1.29, 1.82) is 5.16 Å². The van der Waals surface area contributed by atoms with Gasteiger partial charge >= 0.3 is 6.35 Å². The van der Waals surface area contributed by atoms with E-state index in [9.17, 15) is 0 Å². The Balaban J connectivity index is 3.21. The van der Waals surface area contributed by atoms with Crippen LogP contribution in [0.1, 0.15) is 0 Å². The highest BCUT2D eigenvalue weighted by Gasteiger charge is 1.99. The van der Waals surface area contributed by atoms with Gasteiger partial charge in [-0.15, -0.1) is 0 Å². The zero-order valence-corrected chi connectivity index (χ0v) is 5.43. The summed E-state index contributed by atoms with van der Waals surface area (Å²) < 4.78 is 0. The molecule has 32 valence electrons. The van der Waals surface area contributed by atoms with Crippen LogP contribution in [0, 0.1) is 5.16 Å². The summed E-state index contributed by atoms with van der Waals surface area (Å²) in [7, 11) is 0.684. The first-order valence-electron chi connectivity index (χ1n) is 1.18. The SMILES string of the molecule is N=PB(O)P=S. The van der Waals surface area contributed by atoms with Gasteiger partial charge in [-0.3, -0.25) is 5.16 Å². The van der Waals surface area contributed by atoms with E-state index in [1.165, 1.54) is 0 Å². The Kier molecular flexibility index (Phi) is 4.23. The molecule has 0 bridgehead atoms. The van der Waals surface area contributed by atoms with Crippen molar-refractivity contribution in [2.45, 2.75) is 0 Å². The summed E-state index contributed by atoms with van der Waals surface area (Å²) in [6.45, 7) is 0. The van der Waals surface area contributed by atoms with Gasteiger partial charge in [-0.05, 0) is 15.5 Å². The van der Waals surface area contributed by atoms with Gasteiger partial charge in [0.1, 0.15) is 0 Å². The highest BCUT2D eigenvalue weighted by atomic mass is 32.4. The molecule has 0 spiro atoms. The second-order valence-electron chi connectivity index (χ2n) is 0.581. The highest BCUT2D eigenvalue weighted by Crippen LogP contribution is 2.09. The molecule has 0 rings (SSSR count). The minimum Gasteiger partial charge on any atom is -0.435 e. The molecule has 2 nitrogen and oxygen atoms in total. The average molecular weight is 137 g/mol.